The Hall–Kier alpha value is -0.570. The van der Waals surface area contributed by atoms with Crippen LogP contribution in [0.15, 0.2) is 0 Å². The molecule has 0 unspecified atom stereocenters. The molecule has 2 N–H and O–H groups in total. The van der Waals surface area contributed by atoms with Gasteiger partial charge in [0, 0.05) is 13.0 Å². The lowest BCUT2D eigenvalue weighted by Gasteiger charge is -2.06. The first-order chi connectivity index (χ1) is 13.8. The largest absolute Gasteiger partial charge is 0.356 e. The summed E-state index contributed by atoms with van der Waals surface area (Å²) in [6.45, 7) is 7.42. The number of rotatable bonds is 23. The molecule has 0 saturated carbocycles. The molecule has 0 fully saturated rings. The molecule has 0 aliphatic carbocycles. The van der Waals surface area contributed by atoms with Crippen molar-refractivity contribution < 1.29 is 4.79 Å². The maximum atomic E-state index is 11.8. The zero-order valence-electron chi connectivity index (χ0n) is 19.5. The third-order valence-corrected chi connectivity index (χ3v) is 5.57. The molecule has 0 aromatic carbocycles. The predicted molar refractivity (Wildman–Crippen MR) is 125 cm³/mol. The van der Waals surface area contributed by atoms with E-state index < -0.39 is 0 Å². The maximum Gasteiger partial charge on any atom is 0.219 e. The second-order valence-corrected chi connectivity index (χ2v) is 8.51. The maximum absolute atomic E-state index is 11.8. The molecular formula is C25H52N2O. The molecule has 1 amide bonds. The topological polar surface area (TPSA) is 41.1 Å². The quantitative estimate of drug-likeness (QED) is 0.180. The Morgan fingerprint density at radius 1 is 0.500 bits per heavy atom. The van der Waals surface area contributed by atoms with Gasteiger partial charge in [0.05, 0.1) is 0 Å². The molecule has 0 radical (unpaired) electrons. The number of carbonyl (C=O) groups is 1. The summed E-state index contributed by atoms with van der Waals surface area (Å²) in [5, 5.41) is 6.45. The van der Waals surface area contributed by atoms with Gasteiger partial charge < -0.3 is 10.6 Å². The summed E-state index contributed by atoms with van der Waals surface area (Å²) in [7, 11) is 0. The molecule has 3 nitrogen and oxygen atoms in total. The predicted octanol–water partition coefficient (Wildman–Crippen LogP) is 7.14. The van der Waals surface area contributed by atoms with E-state index in [1.807, 2.05) is 0 Å². The first kappa shape index (κ1) is 27.4. The van der Waals surface area contributed by atoms with Gasteiger partial charge in [-0.25, -0.2) is 0 Å². The summed E-state index contributed by atoms with van der Waals surface area (Å²) in [6, 6.07) is 0. The highest BCUT2D eigenvalue weighted by Gasteiger charge is 2.00. The van der Waals surface area contributed by atoms with E-state index in [1.54, 1.807) is 0 Å². The van der Waals surface area contributed by atoms with Gasteiger partial charge in [0.15, 0.2) is 0 Å². The van der Waals surface area contributed by atoms with Crippen LogP contribution in [0.2, 0.25) is 0 Å². The Balaban J connectivity index is 3.11. The number of nitrogens with one attached hydrogen (secondary N) is 2. The number of carbonyl (C=O) groups excluding carboxylic acids is 1. The second kappa shape index (κ2) is 24.5. The highest BCUT2D eigenvalue weighted by Crippen LogP contribution is 2.13. The van der Waals surface area contributed by atoms with Gasteiger partial charge in [-0.05, 0) is 32.4 Å². The van der Waals surface area contributed by atoms with Crippen LogP contribution in [-0.4, -0.2) is 25.5 Å². The normalized spacial score (nSPS) is 11.1. The fraction of sp³-hybridized carbons (Fsp3) is 0.960. The van der Waals surface area contributed by atoms with Crippen molar-refractivity contribution in [3.63, 3.8) is 0 Å². The third-order valence-electron chi connectivity index (χ3n) is 5.57. The summed E-state index contributed by atoms with van der Waals surface area (Å²) >= 11 is 0. The molecule has 0 spiro atoms. The van der Waals surface area contributed by atoms with Crippen molar-refractivity contribution in [2.75, 3.05) is 19.6 Å². The average molecular weight is 397 g/mol. The Bertz CT molecular complexity index is 307. The van der Waals surface area contributed by atoms with E-state index in [9.17, 15) is 4.79 Å². The third kappa shape index (κ3) is 23.5. The monoisotopic (exact) mass is 396 g/mol. The van der Waals surface area contributed by atoms with Gasteiger partial charge in [-0.2, -0.15) is 0 Å². The van der Waals surface area contributed by atoms with Crippen LogP contribution in [-0.2, 0) is 4.79 Å². The molecule has 0 aromatic rings. The summed E-state index contributed by atoms with van der Waals surface area (Å²) in [4.78, 5) is 11.8. The van der Waals surface area contributed by atoms with Crippen molar-refractivity contribution in [1.82, 2.24) is 10.6 Å². The van der Waals surface area contributed by atoms with E-state index in [2.05, 4.69) is 24.5 Å². The average Bonchev–Trinajstić information content (AvgIpc) is 2.70. The van der Waals surface area contributed by atoms with Gasteiger partial charge in [0.2, 0.25) is 5.91 Å². The Morgan fingerprint density at radius 3 is 1.43 bits per heavy atom. The lowest BCUT2D eigenvalue weighted by Crippen LogP contribution is -2.27. The summed E-state index contributed by atoms with van der Waals surface area (Å²) in [6.07, 6.45) is 24.8. The van der Waals surface area contributed by atoms with Crippen LogP contribution in [0.1, 0.15) is 136 Å². The van der Waals surface area contributed by atoms with Gasteiger partial charge >= 0.3 is 0 Å². The van der Waals surface area contributed by atoms with Crippen molar-refractivity contribution in [2.24, 2.45) is 0 Å². The Labute approximate surface area is 177 Å². The summed E-state index contributed by atoms with van der Waals surface area (Å²) < 4.78 is 0. The van der Waals surface area contributed by atoms with Crippen LogP contribution in [0.5, 0.6) is 0 Å². The molecule has 168 valence electrons. The van der Waals surface area contributed by atoms with E-state index in [-0.39, 0.29) is 5.91 Å². The molecule has 28 heavy (non-hydrogen) atoms. The number of hydrogen-bond acceptors (Lipinski definition) is 2. The molecule has 0 bridgehead atoms. The van der Waals surface area contributed by atoms with Crippen LogP contribution in [0.25, 0.3) is 0 Å². The minimum atomic E-state index is 0.239. The molecule has 0 aliphatic rings. The van der Waals surface area contributed by atoms with Crippen LogP contribution < -0.4 is 10.6 Å². The van der Waals surface area contributed by atoms with Crippen LogP contribution >= 0.6 is 0 Å². The zero-order chi connectivity index (χ0) is 20.5. The Morgan fingerprint density at radius 2 is 0.929 bits per heavy atom. The number of amides is 1. The lowest BCUT2D eigenvalue weighted by molar-refractivity contribution is -0.121. The van der Waals surface area contributed by atoms with Crippen LogP contribution in [0, 0.1) is 0 Å². The highest BCUT2D eigenvalue weighted by molar-refractivity contribution is 5.75. The van der Waals surface area contributed by atoms with Crippen molar-refractivity contribution in [3.8, 4) is 0 Å². The van der Waals surface area contributed by atoms with Crippen molar-refractivity contribution in [1.29, 1.82) is 0 Å². The van der Waals surface area contributed by atoms with E-state index in [4.69, 9.17) is 0 Å². The standard InChI is InChI=1S/C25H52N2O/c1-3-5-7-8-9-10-11-12-13-14-15-16-17-18-19-21-25(28)27-24-20-23-26-22-6-4-2/h26H,3-24H2,1-2H3,(H,27,28). The number of hydrogen-bond donors (Lipinski definition) is 2. The molecule has 0 saturated heterocycles. The van der Waals surface area contributed by atoms with Gasteiger partial charge in [-0.1, -0.05) is 110 Å². The van der Waals surface area contributed by atoms with Crippen LogP contribution in [0.4, 0.5) is 0 Å². The van der Waals surface area contributed by atoms with Crippen LogP contribution in [0.3, 0.4) is 0 Å². The molecule has 3 heteroatoms. The van der Waals surface area contributed by atoms with E-state index >= 15 is 0 Å². The Kier molecular flexibility index (Phi) is 24.0. The molecule has 0 heterocycles. The fourth-order valence-electron chi connectivity index (χ4n) is 3.61. The molecule has 0 aliphatic heterocycles. The smallest absolute Gasteiger partial charge is 0.219 e. The summed E-state index contributed by atoms with van der Waals surface area (Å²) in [5.74, 6) is 0.239. The van der Waals surface area contributed by atoms with Crippen molar-refractivity contribution in [3.05, 3.63) is 0 Å². The highest BCUT2D eigenvalue weighted by atomic mass is 16.1. The fourth-order valence-corrected chi connectivity index (χ4v) is 3.61. The van der Waals surface area contributed by atoms with E-state index in [0.29, 0.717) is 6.42 Å². The van der Waals surface area contributed by atoms with Crippen molar-refractivity contribution in [2.45, 2.75) is 136 Å². The minimum Gasteiger partial charge on any atom is -0.356 e. The molecular weight excluding hydrogens is 344 g/mol. The van der Waals surface area contributed by atoms with Gasteiger partial charge in [-0.3, -0.25) is 4.79 Å². The van der Waals surface area contributed by atoms with Gasteiger partial charge in [0.25, 0.3) is 0 Å². The second-order valence-electron chi connectivity index (χ2n) is 8.51. The molecule has 0 rings (SSSR count). The zero-order valence-corrected chi connectivity index (χ0v) is 19.5. The molecule has 0 aromatic heterocycles. The van der Waals surface area contributed by atoms with Gasteiger partial charge in [-0.15, -0.1) is 0 Å². The minimum absolute atomic E-state index is 0.239. The molecule has 0 atom stereocenters. The van der Waals surface area contributed by atoms with E-state index in [1.165, 1.54) is 103 Å². The number of unbranched alkanes of at least 4 members (excludes halogenated alkanes) is 15. The van der Waals surface area contributed by atoms with E-state index in [0.717, 1.165) is 32.5 Å². The lowest BCUT2D eigenvalue weighted by atomic mass is 10.0. The summed E-state index contributed by atoms with van der Waals surface area (Å²) in [5.41, 5.74) is 0. The van der Waals surface area contributed by atoms with Gasteiger partial charge in [0.1, 0.15) is 0 Å². The van der Waals surface area contributed by atoms with Crippen molar-refractivity contribution >= 4 is 5.91 Å². The first-order valence-corrected chi connectivity index (χ1v) is 12.8. The first-order valence-electron chi connectivity index (χ1n) is 12.8. The SMILES string of the molecule is CCCCCCCCCCCCCCCCCC(=O)NCCCNCCCC.